The van der Waals surface area contributed by atoms with Crippen molar-refractivity contribution >= 4 is 29.0 Å². The third kappa shape index (κ3) is 4.56. The Bertz CT molecular complexity index is 1010. The van der Waals surface area contributed by atoms with Crippen LogP contribution in [0, 0.1) is 10.1 Å². The first-order chi connectivity index (χ1) is 12.9. The molecule has 3 aromatic carbocycles. The summed E-state index contributed by atoms with van der Waals surface area (Å²) in [5, 5.41) is 32.2. The van der Waals surface area contributed by atoms with Crippen molar-refractivity contribution in [3.8, 4) is 11.5 Å². The molecule has 0 aliphatic carbocycles. The van der Waals surface area contributed by atoms with Gasteiger partial charge in [-0.15, -0.1) is 0 Å². The van der Waals surface area contributed by atoms with Gasteiger partial charge in [-0.25, -0.2) is 0 Å². The summed E-state index contributed by atoms with van der Waals surface area (Å²) in [7, 11) is 0. The second-order valence-electron chi connectivity index (χ2n) is 5.54. The van der Waals surface area contributed by atoms with Crippen LogP contribution in [0.15, 0.2) is 76.5 Å². The van der Waals surface area contributed by atoms with Crippen molar-refractivity contribution < 1.29 is 19.9 Å². The lowest BCUT2D eigenvalue weighted by Gasteiger charge is -2.08. The predicted molar refractivity (Wildman–Crippen MR) is 101 cm³/mol. The third-order valence-corrected chi connectivity index (χ3v) is 4.61. The highest BCUT2D eigenvalue weighted by Gasteiger charge is 2.10. The van der Waals surface area contributed by atoms with E-state index in [1.807, 2.05) is 6.07 Å². The molecule has 0 saturated carbocycles. The summed E-state index contributed by atoms with van der Waals surface area (Å²) < 4.78 is 0. The van der Waals surface area contributed by atoms with Crippen LogP contribution in [0.3, 0.4) is 0 Å². The Hall–Kier alpha value is -3.52. The molecule has 0 bridgehead atoms. The number of hydrogen-bond donors (Lipinski definition) is 3. The van der Waals surface area contributed by atoms with Gasteiger partial charge in [0.15, 0.2) is 11.5 Å². The number of hydrogen-bond acceptors (Lipinski definition) is 6. The Labute approximate surface area is 158 Å². The van der Waals surface area contributed by atoms with Gasteiger partial charge in [0, 0.05) is 39.2 Å². The second-order valence-corrected chi connectivity index (χ2v) is 6.69. The van der Waals surface area contributed by atoms with Crippen molar-refractivity contribution in [1.82, 2.24) is 0 Å². The van der Waals surface area contributed by atoms with Gasteiger partial charge in [0.1, 0.15) is 0 Å². The highest BCUT2D eigenvalue weighted by molar-refractivity contribution is 7.99. The second kappa shape index (κ2) is 7.79. The van der Waals surface area contributed by atoms with Crippen LogP contribution in [0.5, 0.6) is 11.5 Å². The van der Waals surface area contributed by atoms with Gasteiger partial charge in [0.25, 0.3) is 11.6 Å². The Kier molecular flexibility index (Phi) is 5.28. The van der Waals surface area contributed by atoms with E-state index in [1.54, 1.807) is 30.3 Å². The van der Waals surface area contributed by atoms with Crippen molar-refractivity contribution in [1.29, 1.82) is 0 Å². The quantitative estimate of drug-likeness (QED) is 0.261. The molecule has 27 heavy (non-hydrogen) atoms. The number of nitro benzene ring substituents is 1. The van der Waals surface area contributed by atoms with E-state index in [0.717, 1.165) is 9.79 Å². The topological polar surface area (TPSA) is 113 Å². The number of non-ortho nitro benzene ring substituents is 1. The van der Waals surface area contributed by atoms with Gasteiger partial charge in [0.05, 0.1) is 4.92 Å². The molecule has 0 fully saturated rings. The van der Waals surface area contributed by atoms with E-state index in [-0.39, 0.29) is 23.1 Å². The molecule has 7 nitrogen and oxygen atoms in total. The lowest BCUT2D eigenvalue weighted by Crippen LogP contribution is -2.11. The Morgan fingerprint density at radius 3 is 2.33 bits per heavy atom. The van der Waals surface area contributed by atoms with Crippen LogP contribution in [-0.2, 0) is 0 Å². The Morgan fingerprint density at radius 1 is 0.926 bits per heavy atom. The van der Waals surface area contributed by atoms with Crippen LogP contribution in [-0.4, -0.2) is 21.0 Å². The summed E-state index contributed by atoms with van der Waals surface area (Å²) in [6.45, 7) is 0. The molecule has 0 unspecified atom stereocenters. The van der Waals surface area contributed by atoms with Crippen LogP contribution in [0.25, 0.3) is 0 Å². The van der Waals surface area contributed by atoms with E-state index in [1.165, 1.54) is 42.1 Å². The largest absolute Gasteiger partial charge is 0.504 e. The fourth-order valence-electron chi connectivity index (χ4n) is 2.28. The van der Waals surface area contributed by atoms with Gasteiger partial charge in [-0.2, -0.15) is 0 Å². The van der Waals surface area contributed by atoms with E-state index in [9.17, 15) is 25.1 Å². The molecule has 3 N–H and O–H groups in total. The van der Waals surface area contributed by atoms with E-state index in [2.05, 4.69) is 5.32 Å². The number of phenols is 2. The van der Waals surface area contributed by atoms with Gasteiger partial charge in [-0.05, 0) is 42.5 Å². The van der Waals surface area contributed by atoms with Crippen LogP contribution >= 0.6 is 11.8 Å². The smallest absolute Gasteiger partial charge is 0.269 e. The van der Waals surface area contributed by atoms with Crippen LogP contribution < -0.4 is 5.32 Å². The SMILES string of the molecule is O=C(Nc1ccc(O)c(O)c1)c1cccc(Sc2ccc([N+](=O)[O-])cc2)c1. The number of anilines is 1. The highest BCUT2D eigenvalue weighted by Crippen LogP contribution is 2.30. The van der Waals surface area contributed by atoms with Gasteiger partial charge >= 0.3 is 0 Å². The molecule has 136 valence electrons. The average molecular weight is 382 g/mol. The minimum Gasteiger partial charge on any atom is -0.504 e. The minimum absolute atomic E-state index is 0.0182. The fraction of sp³-hybridized carbons (Fsp3) is 0. The maximum Gasteiger partial charge on any atom is 0.269 e. The number of amides is 1. The van der Waals surface area contributed by atoms with Crippen molar-refractivity contribution in [2.75, 3.05) is 5.32 Å². The predicted octanol–water partition coefficient (Wildman–Crippen LogP) is 4.41. The van der Waals surface area contributed by atoms with Gasteiger partial charge in [-0.1, -0.05) is 17.8 Å². The van der Waals surface area contributed by atoms with Crippen LogP contribution in [0.1, 0.15) is 10.4 Å². The molecular formula is C19H14N2O5S. The van der Waals surface area contributed by atoms with Crippen LogP contribution in [0.2, 0.25) is 0 Å². The average Bonchev–Trinajstić information content (AvgIpc) is 2.65. The maximum absolute atomic E-state index is 12.4. The Balaban J connectivity index is 1.73. The van der Waals surface area contributed by atoms with Crippen molar-refractivity contribution in [3.63, 3.8) is 0 Å². The number of rotatable bonds is 5. The first-order valence-corrected chi connectivity index (χ1v) is 8.60. The zero-order valence-corrected chi connectivity index (χ0v) is 14.6. The monoisotopic (exact) mass is 382 g/mol. The first-order valence-electron chi connectivity index (χ1n) is 7.78. The molecule has 0 heterocycles. The van der Waals surface area contributed by atoms with Crippen molar-refractivity contribution in [2.45, 2.75) is 9.79 Å². The van der Waals surface area contributed by atoms with E-state index in [0.29, 0.717) is 11.3 Å². The molecule has 0 radical (unpaired) electrons. The van der Waals surface area contributed by atoms with Gasteiger partial charge < -0.3 is 15.5 Å². The molecule has 0 saturated heterocycles. The highest BCUT2D eigenvalue weighted by atomic mass is 32.2. The molecule has 0 aliphatic heterocycles. The number of carbonyl (C=O) groups excluding carboxylic acids is 1. The van der Waals surface area contributed by atoms with Crippen LogP contribution in [0.4, 0.5) is 11.4 Å². The molecule has 3 rings (SSSR count). The summed E-state index contributed by atoms with van der Waals surface area (Å²) in [6.07, 6.45) is 0. The number of nitrogens with zero attached hydrogens (tertiary/aromatic N) is 1. The first kappa shape index (κ1) is 18.3. The van der Waals surface area contributed by atoms with E-state index < -0.39 is 4.92 Å². The summed E-state index contributed by atoms with van der Waals surface area (Å²) in [5.74, 6) is -0.962. The van der Waals surface area contributed by atoms with Gasteiger partial charge in [0.2, 0.25) is 0 Å². The molecule has 0 spiro atoms. The van der Waals surface area contributed by atoms with E-state index in [4.69, 9.17) is 0 Å². The summed E-state index contributed by atoms with van der Waals surface area (Å²) >= 11 is 1.37. The van der Waals surface area contributed by atoms with Crippen molar-refractivity contribution in [3.05, 3.63) is 82.4 Å². The van der Waals surface area contributed by atoms with E-state index >= 15 is 0 Å². The molecule has 0 atom stereocenters. The number of nitrogens with one attached hydrogen (secondary N) is 1. The molecule has 0 aliphatic rings. The lowest BCUT2D eigenvalue weighted by atomic mass is 10.2. The third-order valence-electron chi connectivity index (χ3n) is 3.61. The molecule has 3 aromatic rings. The zero-order valence-electron chi connectivity index (χ0n) is 13.8. The minimum atomic E-state index is -0.458. The summed E-state index contributed by atoms with van der Waals surface area (Å²) in [6, 6.07) is 17.1. The number of nitro groups is 1. The van der Waals surface area contributed by atoms with Gasteiger partial charge in [-0.3, -0.25) is 14.9 Å². The lowest BCUT2D eigenvalue weighted by molar-refractivity contribution is -0.384. The number of aromatic hydroxyl groups is 2. The molecule has 0 aromatic heterocycles. The zero-order chi connectivity index (χ0) is 19.4. The maximum atomic E-state index is 12.4. The normalized spacial score (nSPS) is 10.4. The number of carbonyl (C=O) groups is 1. The standard InChI is InChI=1S/C19H14N2O5S/c22-17-9-4-13(11-18(17)23)20-19(24)12-2-1-3-16(10-12)27-15-7-5-14(6-8-15)21(25)26/h1-11,22-23H,(H,20,24). The fourth-order valence-corrected chi connectivity index (χ4v) is 3.15. The molecular weight excluding hydrogens is 368 g/mol. The van der Waals surface area contributed by atoms with Crippen molar-refractivity contribution in [2.24, 2.45) is 0 Å². The molecule has 8 heteroatoms. The molecule has 1 amide bonds. The number of benzene rings is 3. The summed E-state index contributed by atoms with van der Waals surface area (Å²) in [4.78, 5) is 24.2. The Morgan fingerprint density at radius 2 is 1.67 bits per heavy atom. The number of phenolic OH excluding ortho intramolecular Hbond substituents is 2. The summed E-state index contributed by atoms with van der Waals surface area (Å²) in [5.41, 5.74) is 0.780.